The molecule has 0 bridgehead atoms. The Labute approximate surface area is 85.5 Å². The molecule has 43 valence electrons. The van der Waals surface area contributed by atoms with E-state index in [4.69, 9.17) is 0 Å². The van der Waals surface area contributed by atoms with Gasteiger partial charge in [-0.3, -0.25) is 0 Å². The van der Waals surface area contributed by atoms with Crippen molar-refractivity contribution in [2.24, 2.45) is 0 Å². The zero-order valence-corrected chi connectivity index (χ0v) is 10.0. The molecule has 0 aromatic heterocycles. The van der Waals surface area contributed by atoms with Crippen LogP contribution >= 0.6 is 46.1 Å². The summed E-state index contributed by atoms with van der Waals surface area (Å²) in [6.45, 7) is 0. The Balaban J connectivity index is -0.0000000133. The minimum atomic E-state index is 0. The molecule has 0 heterocycles. The summed E-state index contributed by atoms with van der Waals surface area (Å²) in [5, 5.41) is 0. The minimum absolute atomic E-state index is 0. The van der Waals surface area contributed by atoms with E-state index in [0.29, 0.717) is 0 Å². The standard InChI is InChI=1S/2Ag.BrI.BrH/c;;1-2;/h;;;1H/q;+1;;/p-1. The van der Waals surface area contributed by atoms with Gasteiger partial charge in [-0.1, -0.05) is 0 Å². The number of hydrogen-bond acceptors (Lipinski definition) is 0. The molecule has 0 aliphatic carbocycles. The molecule has 0 saturated carbocycles. The van der Waals surface area contributed by atoms with Gasteiger partial charge in [0.1, 0.15) is 0 Å². The van der Waals surface area contributed by atoms with Crippen LogP contribution in [0.2, 0.25) is 0 Å². The Bertz CT molecular complexity index is 7.61. The van der Waals surface area contributed by atoms with Gasteiger partial charge in [0.15, 0.2) is 0 Å². The van der Waals surface area contributed by atoms with Crippen LogP contribution in [0.1, 0.15) is 0 Å². The molecule has 0 aliphatic heterocycles. The van der Waals surface area contributed by atoms with Gasteiger partial charge >= 0.3 is 32.0 Å². The third-order valence-electron chi connectivity index (χ3n) is 0. The van der Waals surface area contributed by atoms with E-state index < -0.39 is 0 Å². The maximum atomic E-state index is 2.91. The van der Waals surface area contributed by atoms with Crippen LogP contribution in [0.25, 0.3) is 0 Å². The van der Waals surface area contributed by atoms with Gasteiger partial charge < -0.3 is 0 Å². The van der Waals surface area contributed by atoms with Crippen molar-refractivity contribution in [3.05, 3.63) is 0 Å². The Hall–Kier alpha value is 3.17. The van der Waals surface area contributed by atoms with E-state index in [1.807, 2.05) is 20.4 Å². The van der Waals surface area contributed by atoms with Crippen molar-refractivity contribution in [2.45, 2.75) is 0 Å². The van der Waals surface area contributed by atoms with Crippen LogP contribution in [0.3, 0.4) is 0 Å². The molecule has 0 aliphatic rings. The van der Waals surface area contributed by atoms with Gasteiger partial charge in [-0.15, -0.1) is 0 Å². The fourth-order valence-electron chi connectivity index (χ4n) is 0. The van der Waals surface area contributed by atoms with Crippen molar-refractivity contribution in [1.29, 1.82) is 0 Å². The van der Waals surface area contributed by atoms with Gasteiger partial charge in [-0.05, 0) is 12.7 Å². The van der Waals surface area contributed by atoms with Crippen molar-refractivity contribution >= 4 is 46.1 Å². The van der Waals surface area contributed by atoms with E-state index in [0.717, 1.165) is 0 Å². The van der Waals surface area contributed by atoms with Gasteiger partial charge in [-0.25, -0.2) is 0 Å². The second-order valence-corrected chi connectivity index (χ2v) is 0. The van der Waals surface area contributed by atoms with Gasteiger partial charge in [0, 0.05) is 42.7 Å². The summed E-state index contributed by atoms with van der Waals surface area (Å²) in [4.78, 5) is 0. The summed E-state index contributed by atoms with van der Waals surface area (Å²) in [5.41, 5.74) is 0. The Morgan fingerprint density at radius 2 is 1.20 bits per heavy atom. The van der Waals surface area contributed by atoms with Crippen molar-refractivity contribution in [2.75, 3.05) is 0 Å². The van der Waals surface area contributed by atoms with E-state index in [1.165, 1.54) is 0 Å². The molecule has 0 spiro atoms. The molecule has 0 N–H and O–H groups in total. The second kappa shape index (κ2) is 27.2. The normalized spacial score (nSPS) is 2.60. The number of hydrogen-bond donors (Lipinski definition) is 0. The predicted octanol–water partition coefficient (Wildman–Crippen LogP) is 2.57. The molecule has 0 fully saturated rings. The molecule has 5 heavy (non-hydrogen) atoms. The monoisotopic (exact) mass is 499 g/mol. The van der Waals surface area contributed by atoms with Crippen molar-refractivity contribution < 1.29 is 41.3 Å². The van der Waals surface area contributed by atoms with Crippen LogP contribution in [0.5, 0.6) is 0 Å². The summed E-state index contributed by atoms with van der Waals surface area (Å²) in [6.07, 6.45) is 0. The van der Waals surface area contributed by atoms with Gasteiger partial charge in [-0.2, -0.15) is 0 Å². The summed E-state index contributed by atoms with van der Waals surface area (Å²) >= 11 is 10.4. The first-order chi connectivity index (χ1) is 2.00. The number of halogens is 3. The Kier molecular flexibility index (Phi) is 85.4. The first kappa shape index (κ1) is 15.7. The second-order valence-electron chi connectivity index (χ2n) is 0. The maximum absolute atomic E-state index is 2.91. The van der Waals surface area contributed by atoms with E-state index in [1.54, 1.807) is 0 Å². The summed E-state index contributed by atoms with van der Waals surface area (Å²) in [7, 11) is 0. The summed E-state index contributed by atoms with van der Waals surface area (Å²) in [6, 6.07) is 0. The molecule has 0 aromatic rings. The molecule has 0 nitrogen and oxygen atoms in total. The molecule has 0 amide bonds. The fraction of sp³-hybridized carbons (Fsp3) is 0. The van der Waals surface area contributed by atoms with Crippen molar-refractivity contribution in [1.82, 2.24) is 0 Å². The first-order valence-corrected chi connectivity index (χ1v) is 8.48. The molecular weight excluding hydrogens is 502 g/mol. The Morgan fingerprint density at radius 1 is 1.20 bits per heavy atom. The molecule has 0 rings (SSSR count). The topological polar surface area (TPSA) is 0 Å². The third kappa shape index (κ3) is 19.1. The van der Waals surface area contributed by atoms with Gasteiger partial charge in [0.2, 0.25) is 0 Å². The van der Waals surface area contributed by atoms with E-state index in [-0.39, 0.29) is 22.4 Å². The quantitative estimate of drug-likeness (QED) is 0.353. The van der Waals surface area contributed by atoms with Crippen LogP contribution in [-0.2, 0) is 41.3 Å². The Morgan fingerprint density at radius 3 is 1.20 bits per heavy atom. The molecule has 0 unspecified atom stereocenters. The van der Waals surface area contributed by atoms with Gasteiger partial charge in [0.25, 0.3) is 0 Å². The molecule has 0 atom stereocenters. The zero-order chi connectivity index (χ0) is 4.00. The summed E-state index contributed by atoms with van der Waals surface area (Å²) in [5.74, 6) is 0. The molecule has 0 aromatic carbocycles. The summed E-state index contributed by atoms with van der Waals surface area (Å²) < 4.78 is 0. The van der Waals surface area contributed by atoms with Crippen LogP contribution in [0, 0.1) is 0 Å². The van der Waals surface area contributed by atoms with Crippen molar-refractivity contribution in [3.63, 3.8) is 0 Å². The van der Waals surface area contributed by atoms with Gasteiger partial charge in [0.05, 0.1) is 0 Å². The fourth-order valence-corrected chi connectivity index (χ4v) is 0. The molecule has 1 radical (unpaired) electrons. The van der Waals surface area contributed by atoms with E-state index >= 15 is 0 Å². The van der Waals surface area contributed by atoms with E-state index in [9.17, 15) is 0 Å². The molecule has 5 heteroatoms. The average Bonchev–Trinajstić information content (AvgIpc) is 1.50. The number of rotatable bonds is 0. The molecular formula is Ag2Br2I. The first-order valence-electron chi connectivity index (χ1n) is 0.257. The molecule has 0 saturated heterocycles. The van der Waals surface area contributed by atoms with Crippen LogP contribution < -0.4 is 0 Å². The SMILES string of the molecule is BrI.[Ag].[Br][Ag]. The zero-order valence-electron chi connectivity index (χ0n) is 1.74. The van der Waals surface area contributed by atoms with Crippen molar-refractivity contribution in [3.8, 4) is 0 Å². The third-order valence-corrected chi connectivity index (χ3v) is 0. The average molecular weight is 502 g/mol. The predicted molar refractivity (Wildman–Crippen MR) is 31.9 cm³/mol. The van der Waals surface area contributed by atoms with E-state index in [2.05, 4.69) is 44.6 Å². The van der Waals surface area contributed by atoms with Crippen LogP contribution in [0.15, 0.2) is 0 Å². The van der Waals surface area contributed by atoms with Crippen LogP contribution in [-0.4, -0.2) is 0 Å². The van der Waals surface area contributed by atoms with Crippen LogP contribution in [0.4, 0.5) is 0 Å².